The number of piperidine rings is 2. The molecule has 1 atom stereocenters. The molecule has 0 radical (unpaired) electrons. The Morgan fingerprint density at radius 3 is 2.60 bits per heavy atom. The number of nitrogens with one attached hydrogen (secondary N) is 2. The number of nitrogens with zero attached hydrogens (tertiary/aromatic N) is 4. The Hall–Kier alpha value is -3.95. The van der Waals surface area contributed by atoms with Crippen molar-refractivity contribution in [1.29, 1.82) is 0 Å². The van der Waals surface area contributed by atoms with Gasteiger partial charge in [0.15, 0.2) is 0 Å². The van der Waals surface area contributed by atoms with Crippen LogP contribution in [-0.2, 0) is 16.1 Å². The second-order valence-corrected chi connectivity index (χ2v) is 11.8. The highest BCUT2D eigenvalue weighted by atomic mass is 16.2. The lowest BCUT2D eigenvalue weighted by molar-refractivity contribution is -0.142. The Labute approximate surface area is 233 Å². The number of carbonyl (C=O) groups is 4. The Morgan fingerprint density at radius 2 is 1.88 bits per heavy atom. The lowest BCUT2D eigenvalue weighted by atomic mass is 9.86. The Morgan fingerprint density at radius 1 is 1.12 bits per heavy atom. The summed E-state index contributed by atoms with van der Waals surface area (Å²) in [6.07, 6.45) is 10.7. The molecule has 3 fully saturated rings. The molecule has 4 heterocycles. The summed E-state index contributed by atoms with van der Waals surface area (Å²) in [5.74, 6) is -0.976. The lowest BCUT2D eigenvalue weighted by Gasteiger charge is -2.37. The normalized spacial score (nSPS) is 23.0. The molecule has 40 heavy (non-hydrogen) atoms. The van der Waals surface area contributed by atoms with E-state index in [4.69, 9.17) is 0 Å². The Kier molecular flexibility index (Phi) is 6.72. The summed E-state index contributed by atoms with van der Waals surface area (Å²) in [4.78, 5) is 55.2. The molecule has 1 aliphatic carbocycles. The first kappa shape index (κ1) is 26.3. The first-order valence-corrected chi connectivity index (χ1v) is 14.3. The zero-order valence-electron chi connectivity index (χ0n) is 22.9. The molecule has 1 aromatic carbocycles. The predicted molar refractivity (Wildman–Crippen MR) is 148 cm³/mol. The van der Waals surface area contributed by atoms with Crippen LogP contribution in [0.4, 0.5) is 5.69 Å². The number of likely N-dealkylation sites (tertiary alicyclic amines) is 1. The molecule has 0 spiro atoms. The van der Waals surface area contributed by atoms with Crippen molar-refractivity contribution in [3.63, 3.8) is 0 Å². The van der Waals surface area contributed by atoms with E-state index in [-0.39, 0.29) is 17.4 Å². The number of imide groups is 1. The van der Waals surface area contributed by atoms with Gasteiger partial charge in [0.1, 0.15) is 6.04 Å². The van der Waals surface area contributed by atoms with Gasteiger partial charge in [-0.3, -0.25) is 28.8 Å². The molecular formula is C30H36N6O4. The van der Waals surface area contributed by atoms with E-state index in [1.807, 2.05) is 22.0 Å². The molecule has 4 aliphatic rings. The molecule has 2 saturated heterocycles. The van der Waals surface area contributed by atoms with Crippen molar-refractivity contribution in [2.45, 2.75) is 76.9 Å². The number of hydrogen-bond donors (Lipinski definition) is 2. The Bertz CT molecular complexity index is 1380. The van der Waals surface area contributed by atoms with Gasteiger partial charge in [0.2, 0.25) is 11.8 Å². The maximum Gasteiger partial charge on any atom is 0.264 e. The van der Waals surface area contributed by atoms with Crippen LogP contribution in [0.25, 0.3) is 0 Å². The molecule has 1 aromatic heterocycles. The van der Waals surface area contributed by atoms with Gasteiger partial charge in [-0.05, 0) is 50.7 Å². The quantitative estimate of drug-likeness (QED) is 0.537. The fraction of sp³-hybridized carbons (Fsp3) is 0.500. The number of hydrogen-bond acceptors (Lipinski definition) is 6. The number of rotatable bonds is 6. The number of allylic oxidation sites excluding steroid dienone is 1. The lowest BCUT2D eigenvalue weighted by Crippen LogP contribution is -2.51. The van der Waals surface area contributed by atoms with Gasteiger partial charge in [0.05, 0.1) is 23.4 Å². The molecule has 210 valence electrons. The first-order chi connectivity index (χ1) is 19.2. The third-order valence-corrected chi connectivity index (χ3v) is 9.07. The fourth-order valence-corrected chi connectivity index (χ4v) is 6.69. The minimum Gasteiger partial charge on any atom is -0.380 e. The monoisotopic (exact) mass is 544 g/mol. The third kappa shape index (κ3) is 4.59. The van der Waals surface area contributed by atoms with E-state index in [1.54, 1.807) is 18.2 Å². The van der Waals surface area contributed by atoms with Crippen LogP contribution in [-0.4, -0.2) is 62.3 Å². The molecule has 2 aromatic rings. The van der Waals surface area contributed by atoms with E-state index < -0.39 is 17.9 Å². The van der Waals surface area contributed by atoms with Gasteiger partial charge in [-0.1, -0.05) is 32.4 Å². The molecule has 1 saturated carbocycles. The van der Waals surface area contributed by atoms with E-state index in [2.05, 4.69) is 29.2 Å². The Balaban J connectivity index is 1.09. The maximum absolute atomic E-state index is 13.4. The summed E-state index contributed by atoms with van der Waals surface area (Å²) in [6.45, 7) is 7.83. The number of fused-ring (bicyclic) bond motifs is 1. The van der Waals surface area contributed by atoms with E-state index >= 15 is 0 Å². The summed E-state index contributed by atoms with van der Waals surface area (Å²) >= 11 is 0. The predicted octanol–water partition coefficient (Wildman–Crippen LogP) is 3.63. The highest BCUT2D eigenvalue weighted by Crippen LogP contribution is 2.40. The van der Waals surface area contributed by atoms with Crippen molar-refractivity contribution in [3.05, 3.63) is 59.6 Å². The molecule has 1 unspecified atom stereocenters. The molecule has 0 bridgehead atoms. The number of benzene rings is 1. The van der Waals surface area contributed by atoms with Gasteiger partial charge < -0.3 is 15.5 Å². The maximum atomic E-state index is 13.4. The van der Waals surface area contributed by atoms with Crippen molar-refractivity contribution >= 4 is 29.3 Å². The molecule has 6 rings (SSSR count). The molecule has 2 N–H and O–H groups in total. The van der Waals surface area contributed by atoms with Crippen molar-refractivity contribution in [2.75, 3.05) is 18.4 Å². The van der Waals surface area contributed by atoms with Crippen molar-refractivity contribution in [2.24, 2.45) is 5.41 Å². The third-order valence-electron chi connectivity index (χ3n) is 9.07. The van der Waals surface area contributed by atoms with Crippen LogP contribution in [0.2, 0.25) is 0 Å². The summed E-state index contributed by atoms with van der Waals surface area (Å²) in [5, 5.41) is 10.6. The molecule has 3 aliphatic heterocycles. The van der Waals surface area contributed by atoms with Gasteiger partial charge >= 0.3 is 0 Å². The van der Waals surface area contributed by atoms with Crippen LogP contribution < -0.4 is 10.6 Å². The van der Waals surface area contributed by atoms with Crippen molar-refractivity contribution < 1.29 is 19.2 Å². The van der Waals surface area contributed by atoms with Crippen LogP contribution in [0.3, 0.4) is 0 Å². The van der Waals surface area contributed by atoms with Crippen molar-refractivity contribution in [1.82, 2.24) is 24.9 Å². The van der Waals surface area contributed by atoms with Gasteiger partial charge in [-0.25, -0.2) is 0 Å². The number of anilines is 1. The van der Waals surface area contributed by atoms with Crippen LogP contribution in [0.5, 0.6) is 0 Å². The van der Waals surface area contributed by atoms with Crippen LogP contribution >= 0.6 is 0 Å². The van der Waals surface area contributed by atoms with Crippen LogP contribution in [0.15, 0.2) is 42.9 Å². The minimum absolute atomic E-state index is 0.185. The first-order valence-electron chi connectivity index (χ1n) is 14.3. The largest absolute Gasteiger partial charge is 0.380 e. The molecular weight excluding hydrogens is 508 g/mol. The van der Waals surface area contributed by atoms with Crippen LogP contribution in [0.1, 0.15) is 90.6 Å². The van der Waals surface area contributed by atoms with Crippen molar-refractivity contribution in [3.8, 4) is 0 Å². The zero-order chi connectivity index (χ0) is 28.0. The standard InChI is InChI=1S/C30H36N6O4/c1-19-8-9-24(26(37)33-19)36-27(38)22-6-5-7-23(25(22)28(36)39)31-16-20-17-32-35(18-20)21-10-14-34(15-11-21)29(40)30(2)12-3-4-13-30/h5-7,17-18,21,24,31H,1,3-4,8-16H2,2H3,(H,33,37). The zero-order valence-corrected chi connectivity index (χ0v) is 22.9. The summed E-state index contributed by atoms with van der Waals surface area (Å²) in [5.41, 5.74) is 2.52. The number of aromatic nitrogens is 2. The fourth-order valence-electron chi connectivity index (χ4n) is 6.69. The minimum atomic E-state index is -0.841. The number of amides is 4. The highest BCUT2D eigenvalue weighted by molar-refractivity contribution is 6.25. The van der Waals surface area contributed by atoms with Gasteiger partial charge in [0, 0.05) is 48.2 Å². The van der Waals surface area contributed by atoms with Gasteiger partial charge in [0.25, 0.3) is 11.8 Å². The topological polar surface area (TPSA) is 117 Å². The van der Waals surface area contributed by atoms with E-state index in [0.717, 1.165) is 62.1 Å². The number of carbonyl (C=O) groups excluding carboxylic acids is 4. The summed E-state index contributed by atoms with van der Waals surface area (Å²) < 4.78 is 1.98. The van der Waals surface area contributed by atoms with Gasteiger partial charge in [-0.15, -0.1) is 0 Å². The molecule has 4 amide bonds. The van der Waals surface area contributed by atoms with Crippen LogP contribution in [0, 0.1) is 5.41 Å². The van der Waals surface area contributed by atoms with Gasteiger partial charge in [-0.2, -0.15) is 5.10 Å². The second-order valence-electron chi connectivity index (χ2n) is 11.8. The average Bonchev–Trinajstić information content (AvgIpc) is 3.67. The molecule has 10 nitrogen and oxygen atoms in total. The average molecular weight is 545 g/mol. The van der Waals surface area contributed by atoms with E-state index in [1.165, 1.54) is 0 Å². The van der Waals surface area contributed by atoms with E-state index in [9.17, 15) is 19.2 Å². The molecule has 10 heteroatoms. The highest BCUT2D eigenvalue weighted by Gasteiger charge is 2.45. The SMILES string of the molecule is C=C1CCC(N2C(=O)c3cccc(NCc4cnn(C5CCN(C(=O)C6(C)CCCC6)CC5)c4)c3C2=O)C(=O)N1. The summed E-state index contributed by atoms with van der Waals surface area (Å²) in [6, 6.07) is 4.54. The smallest absolute Gasteiger partial charge is 0.264 e. The second kappa shape index (κ2) is 10.2. The van der Waals surface area contributed by atoms with E-state index in [0.29, 0.717) is 47.8 Å². The summed E-state index contributed by atoms with van der Waals surface area (Å²) in [7, 11) is 0.